The van der Waals surface area contributed by atoms with Gasteiger partial charge in [-0.3, -0.25) is 39.0 Å². The van der Waals surface area contributed by atoms with Gasteiger partial charge in [-0.05, 0) is 95.0 Å². The lowest BCUT2D eigenvalue weighted by Gasteiger charge is -2.49. The lowest BCUT2D eigenvalue weighted by Crippen LogP contribution is -2.64. The molecular formula is C42H44FN9O7. The molecule has 0 spiro atoms. The van der Waals surface area contributed by atoms with E-state index in [1.54, 1.807) is 42.7 Å². The van der Waals surface area contributed by atoms with Gasteiger partial charge in [-0.15, -0.1) is 0 Å². The van der Waals surface area contributed by atoms with Gasteiger partial charge in [0, 0.05) is 55.2 Å². The summed E-state index contributed by atoms with van der Waals surface area (Å²) in [5, 5.41) is 9.38. The van der Waals surface area contributed by atoms with Crippen LogP contribution in [0.2, 0.25) is 0 Å². The number of nitrogens with one attached hydrogen (secondary N) is 2. The number of imide groups is 2. The van der Waals surface area contributed by atoms with Gasteiger partial charge in [0.15, 0.2) is 11.3 Å². The molecule has 6 amide bonds. The molecule has 6 heterocycles. The lowest BCUT2D eigenvalue weighted by atomic mass is 9.87. The van der Waals surface area contributed by atoms with Crippen molar-refractivity contribution >= 4 is 52.5 Å². The summed E-state index contributed by atoms with van der Waals surface area (Å²) in [7, 11) is 1.93. The van der Waals surface area contributed by atoms with Crippen molar-refractivity contribution in [1.82, 2.24) is 34.6 Å². The molecule has 1 unspecified atom stereocenters. The molecule has 1 atom stereocenters. The van der Waals surface area contributed by atoms with E-state index in [0.29, 0.717) is 40.4 Å². The Morgan fingerprint density at radius 3 is 2.51 bits per heavy atom. The van der Waals surface area contributed by atoms with Gasteiger partial charge in [-0.25, -0.2) is 13.9 Å². The molecule has 0 radical (unpaired) electrons. The molecular weight excluding hydrogens is 762 g/mol. The molecule has 306 valence electrons. The van der Waals surface area contributed by atoms with E-state index < -0.39 is 41.2 Å². The molecule has 0 bridgehead atoms. The van der Waals surface area contributed by atoms with Crippen LogP contribution in [-0.4, -0.2) is 121 Å². The van der Waals surface area contributed by atoms with Gasteiger partial charge in [0.05, 0.1) is 42.2 Å². The van der Waals surface area contributed by atoms with Crippen molar-refractivity contribution in [3.63, 3.8) is 0 Å². The van der Waals surface area contributed by atoms with Gasteiger partial charge in [0.25, 0.3) is 23.6 Å². The molecule has 9 rings (SSSR count). The first kappa shape index (κ1) is 38.3. The summed E-state index contributed by atoms with van der Waals surface area (Å²) in [6.45, 7) is 4.62. The predicted octanol–water partition coefficient (Wildman–Crippen LogP) is 3.60. The Morgan fingerprint density at radius 1 is 1.00 bits per heavy atom. The minimum absolute atomic E-state index is 0.00996. The highest BCUT2D eigenvalue weighted by atomic mass is 19.1. The van der Waals surface area contributed by atoms with E-state index in [1.165, 1.54) is 10.7 Å². The van der Waals surface area contributed by atoms with Crippen LogP contribution < -0.4 is 20.3 Å². The number of carbonyl (C=O) groups is 6. The number of benzene rings is 2. The van der Waals surface area contributed by atoms with E-state index in [0.717, 1.165) is 36.1 Å². The van der Waals surface area contributed by atoms with Crippen molar-refractivity contribution in [3.05, 3.63) is 82.8 Å². The Balaban J connectivity index is 0.798. The molecule has 1 saturated carbocycles. The number of alkyl halides is 1. The molecule has 2 saturated heterocycles. The molecule has 1 aliphatic carbocycles. The molecule has 3 fully saturated rings. The third-order valence-electron chi connectivity index (χ3n) is 12.2. The van der Waals surface area contributed by atoms with Crippen LogP contribution in [0.4, 0.5) is 15.8 Å². The fraction of sp³-hybridized carbons (Fsp3) is 0.429. The largest absolute Gasteiger partial charge is 0.489 e. The van der Waals surface area contributed by atoms with E-state index in [-0.39, 0.29) is 67.7 Å². The number of piperidine rings is 1. The summed E-state index contributed by atoms with van der Waals surface area (Å²) in [6.07, 6.45) is 7.79. The van der Waals surface area contributed by atoms with Crippen LogP contribution in [0.5, 0.6) is 5.75 Å². The maximum absolute atomic E-state index is 16.2. The Hall–Kier alpha value is -6.23. The van der Waals surface area contributed by atoms with Crippen LogP contribution in [0.1, 0.15) is 99.4 Å². The number of aromatic nitrogens is 3. The maximum Gasteiger partial charge on any atom is 0.262 e. The SMILES string of the molecule is CC(C)Oc1cc2c(cc1NC(=O)c1cnn3cccnc13)CN(C1CCC(N(C)CC3(F)CN(c4ccc5c(c4)C(=O)N(C4CCC(=O)NC4=O)C5=O)C3)CC1)C2=O. The highest BCUT2D eigenvalue weighted by molar-refractivity contribution is 6.23. The topological polar surface area (TPSA) is 179 Å². The summed E-state index contributed by atoms with van der Waals surface area (Å²) in [5.74, 6) is -2.34. The Bertz CT molecular complexity index is 2440. The second-order valence-corrected chi connectivity index (χ2v) is 16.6. The molecule has 4 aromatic rings. The van der Waals surface area contributed by atoms with Gasteiger partial charge in [0.1, 0.15) is 17.4 Å². The number of rotatable bonds is 10. The maximum atomic E-state index is 16.2. The summed E-state index contributed by atoms with van der Waals surface area (Å²) >= 11 is 0. The monoisotopic (exact) mass is 805 g/mol. The van der Waals surface area contributed by atoms with Gasteiger partial charge in [-0.1, -0.05) is 0 Å². The normalized spacial score (nSPS) is 22.6. The number of ether oxygens (including phenoxy) is 1. The second-order valence-electron chi connectivity index (χ2n) is 16.6. The summed E-state index contributed by atoms with van der Waals surface area (Å²) in [6, 6.07) is 9.18. The fourth-order valence-electron chi connectivity index (χ4n) is 9.25. The van der Waals surface area contributed by atoms with E-state index in [4.69, 9.17) is 4.74 Å². The Kier molecular flexibility index (Phi) is 9.44. The number of amides is 6. The standard InChI is InChI=1S/C42H44FN9O7/c1-23(2)59-34-17-29-24(15-32(34)46-37(54)31-18-45-51-14-4-13-44-36(31)51)19-50(39(29)56)26-7-5-25(6-8-26)48(3)20-42(43)21-49(22-42)27-9-10-28-30(16-27)41(58)52(40(28)57)33-11-12-35(53)47-38(33)55/h4,9-10,13-18,23,25-26,33H,5-8,11-12,19-22H2,1-3H3,(H,46,54)(H,47,53,55). The summed E-state index contributed by atoms with van der Waals surface area (Å²) in [4.78, 5) is 88.7. The second kappa shape index (κ2) is 14.5. The quantitative estimate of drug-likeness (QED) is 0.224. The van der Waals surface area contributed by atoms with Crippen molar-refractivity contribution < 1.29 is 37.9 Å². The molecule has 16 nitrogen and oxygen atoms in total. The fourth-order valence-corrected chi connectivity index (χ4v) is 9.25. The molecule has 2 N–H and O–H groups in total. The molecule has 59 heavy (non-hydrogen) atoms. The average Bonchev–Trinajstić information content (AvgIpc) is 3.85. The van der Waals surface area contributed by atoms with Crippen LogP contribution in [-0.2, 0) is 16.1 Å². The van der Waals surface area contributed by atoms with Crippen LogP contribution in [0.15, 0.2) is 55.0 Å². The van der Waals surface area contributed by atoms with Crippen LogP contribution in [0, 0.1) is 0 Å². The first-order chi connectivity index (χ1) is 28.3. The van der Waals surface area contributed by atoms with Crippen molar-refractivity contribution in [3.8, 4) is 5.75 Å². The predicted molar refractivity (Wildman–Crippen MR) is 211 cm³/mol. The number of anilines is 2. The Morgan fingerprint density at radius 2 is 1.76 bits per heavy atom. The zero-order chi connectivity index (χ0) is 41.3. The number of nitrogens with zero attached hydrogens (tertiary/aromatic N) is 7. The summed E-state index contributed by atoms with van der Waals surface area (Å²) in [5.41, 5.74) is 2.03. The number of fused-ring (bicyclic) bond motifs is 3. The van der Waals surface area contributed by atoms with Crippen LogP contribution in [0.3, 0.4) is 0 Å². The first-order valence-electron chi connectivity index (χ1n) is 20.0. The third-order valence-corrected chi connectivity index (χ3v) is 12.2. The van der Waals surface area contributed by atoms with E-state index in [9.17, 15) is 28.8 Å². The minimum atomic E-state index is -1.49. The zero-order valence-electron chi connectivity index (χ0n) is 32.9. The van der Waals surface area contributed by atoms with Crippen molar-refractivity contribution in [2.45, 2.75) is 88.8 Å². The highest BCUT2D eigenvalue weighted by Gasteiger charge is 2.48. The van der Waals surface area contributed by atoms with Gasteiger partial charge in [-0.2, -0.15) is 5.10 Å². The lowest BCUT2D eigenvalue weighted by molar-refractivity contribution is -0.136. The summed E-state index contributed by atoms with van der Waals surface area (Å²) < 4.78 is 23.8. The molecule has 5 aliphatic rings. The zero-order valence-corrected chi connectivity index (χ0v) is 32.9. The van der Waals surface area contributed by atoms with Gasteiger partial charge < -0.3 is 24.8 Å². The van der Waals surface area contributed by atoms with Crippen LogP contribution >= 0.6 is 0 Å². The molecule has 17 heteroatoms. The third kappa shape index (κ3) is 6.86. The van der Waals surface area contributed by atoms with Crippen LogP contribution in [0.25, 0.3) is 5.65 Å². The van der Waals surface area contributed by atoms with Crippen molar-refractivity contribution in [2.75, 3.05) is 36.9 Å². The van der Waals surface area contributed by atoms with E-state index in [1.807, 2.05) is 36.8 Å². The van der Waals surface area contributed by atoms with E-state index >= 15 is 4.39 Å². The van der Waals surface area contributed by atoms with Crippen molar-refractivity contribution in [2.24, 2.45) is 0 Å². The average molecular weight is 806 g/mol. The van der Waals surface area contributed by atoms with E-state index in [2.05, 4.69) is 25.6 Å². The number of hydrogen-bond donors (Lipinski definition) is 2. The molecule has 2 aromatic heterocycles. The van der Waals surface area contributed by atoms with Gasteiger partial charge >= 0.3 is 0 Å². The first-order valence-corrected chi connectivity index (χ1v) is 20.0. The number of hydrogen-bond acceptors (Lipinski definition) is 11. The molecule has 4 aliphatic heterocycles. The van der Waals surface area contributed by atoms with Crippen molar-refractivity contribution in [1.29, 1.82) is 0 Å². The Labute approximate surface area is 338 Å². The van der Waals surface area contributed by atoms with Gasteiger partial charge in [0.2, 0.25) is 11.8 Å². The minimum Gasteiger partial charge on any atom is -0.489 e. The number of carbonyl (C=O) groups excluding carboxylic acids is 6. The highest BCUT2D eigenvalue weighted by Crippen LogP contribution is 2.40. The molecule has 2 aromatic carbocycles. The smallest absolute Gasteiger partial charge is 0.262 e. The number of halogens is 1.